The Hall–Kier alpha value is -2.33. The van der Waals surface area contributed by atoms with Crippen molar-refractivity contribution in [2.75, 3.05) is 6.61 Å². The van der Waals surface area contributed by atoms with Crippen LogP contribution in [0.2, 0.25) is 0 Å². The standard InChI is InChI=1S/C23H25N2O.BrH/c1-4-25-22-15-19(26-5-2)11-12-20(22)21-13-14-24(17(3)23(21)25)16-18-9-7-6-8-10-18;/h6-15H,4-5,16H2,1-3H3;1H/q+1;/p-1. The largest absolute Gasteiger partial charge is 1.00 e. The minimum absolute atomic E-state index is 0. The van der Waals surface area contributed by atoms with Crippen LogP contribution in [0.25, 0.3) is 21.8 Å². The molecule has 0 amide bonds. The van der Waals surface area contributed by atoms with Gasteiger partial charge in [0.05, 0.1) is 12.1 Å². The first-order chi connectivity index (χ1) is 12.7. The predicted molar refractivity (Wildman–Crippen MR) is 107 cm³/mol. The highest BCUT2D eigenvalue weighted by atomic mass is 79.9. The normalized spacial score (nSPS) is 10.9. The van der Waals surface area contributed by atoms with Crippen molar-refractivity contribution < 1.29 is 26.3 Å². The zero-order valence-corrected chi connectivity index (χ0v) is 17.7. The molecule has 2 heterocycles. The molecule has 0 N–H and O–H groups in total. The topological polar surface area (TPSA) is 18.0 Å². The van der Waals surface area contributed by atoms with Gasteiger partial charge < -0.3 is 26.3 Å². The molecule has 27 heavy (non-hydrogen) atoms. The molecule has 0 radical (unpaired) electrons. The number of aryl methyl sites for hydroxylation is 2. The summed E-state index contributed by atoms with van der Waals surface area (Å²) in [5.41, 5.74) is 5.17. The van der Waals surface area contributed by atoms with Crippen LogP contribution in [0.4, 0.5) is 0 Å². The number of halogens is 1. The molecular weight excluding hydrogens is 400 g/mol. The third kappa shape index (κ3) is 3.46. The van der Waals surface area contributed by atoms with Gasteiger partial charge in [0.25, 0.3) is 0 Å². The molecule has 0 saturated carbocycles. The van der Waals surface area contributed by atoms with E-state index in [4.69, 9.17) is 4.74 Å². The number of hydrogen-bond donors (Lipinski definition) is 0. The molecule has 4 aromatic rings. The van der Waals surface area contributed by atoms with Gasteiger partial charge in [-0.3, -0.25) is 0 Å². The number of nitrogens with zero attached hydrogens (tertiary/aromatic N) is 2. The number of rotatable bonds is 5. The highest BCUT2D eigenvalue weighted by Gasteiger charge is 2.19. The second-order valence-electron chi connectivity index (χ2n) is 6.63. The van der Waals surface area contributed by atoms with Gasteiger partial charge in [0.1, 0.15) is 11.3 Å². The van der Waals surface area contributed by atoms with E-state index in [2.05, 4.69) is 83.8 Å². The summed E-state index contributed by atoms with van der Waals surface area (Å²) < 4.78 is 10.5. The molecule has 0 aliphatic carbocycles. The molecule has 0 bridgehead atoms. The van der Waals surface area contributed by atoms with Crippen molar-refractivity contribution in [3.63, 3.8) is 0 Å². The van der Waals surface area contributed by atoms with Crippen LogP contribution < -0.4 is 26.3 Å². The minimum atomic E-state index is 0. The lowest BCUT2D eigenvalue weighted by atomic mass is 10.1. The first-order valence-electron chi connectivity index (χ1n) is 9.34. The van der Waals surface area contributed by atoms with Gasteiger partial charge in [-0.1, -0.05) is 30.3 Å². The van der Waals surface area contributed by atoms with Crippen molar-refractivity contribution in [2.45, 2.75) is 33.9 Å². The Kier molecular flexibility index (Phi) is 5.85. The Morgan fingerprint density at radius 2 is 1.74 bits per heavy atom. The molecule has 0 unspecified atom stereocenters. The zero-order chi connectivity index (χ0) is 18.1. The van der Waals surface area contributed by atoms with Crippen LogP contribution in [-0.4, -0.2) is 11.2 Å². The summed E-state index contributed by atoms with van der Waals surface area (Å²) in [6.45, 7) is 8.97. The Labute approximate surface area is 171 Å². The molecule has 0 saturated heterocycles. The quantitative estimate of drug-likeness (QED) is 0.447. The first kappa shape index (κ1) is 19.4. The van der Waals surface area contributed by atoms with Gasteiger partial charge in [0.2, 0.25) is 5.69 Å². The van der Waals surface area contributed by atoms with Gasteiger partial charge in [-0.2, -0.15) is 4.57 Å². The Balaban J connectivity index is 0.00000210. The van der Waals surface area contributed by atoms with Crippen LogP contribution in [0.3, 0.4) is 0 Å². The number of pyridine rings is 1. The lowest BCUT2D eigenvalue weighted by molar-refractivity contribution is -0.693. The Morgan fingerprint density at radius 3 is 2.44 bits per heavy atom. The molecule has 4 rings (SSSR count). The van der Waals surface area contributed by atoms with Crippen molar-refractivity contribution in [1.82, 2.24) is 4.57 Å². The number of aromatic nitrogens is 2. The summed E-state index contributed by atoms with van der Waals surface area (Å²) in [7, 11) is 0. The molecule has 0 aliphatic heterocycles. The van der Waals surface area contributed by atoms with E-state index >= 15 is 0 Å². The maximum absolute atomic E-state index is 5.72. The lowest BCUT2D eigenvalue weighted by Gasteiger charge is -2.07. The van der Waals surface area contributed by atoms with E-state index in [-0.39, 0.29) is 17.0 Å². The van der Waals surface area contributed by atoms with Crippen molar-refractivity contribution in [3.8, 4) is 5.75 Å². The number of benzene rings is 2. The van der Waals surface area contributed by atoms with Gasteiger partial charge in [-0.25, -0.2) is 0 Å². The van der Waals surface area contributed by atoms with E-state index in [1.165, 1.54) is 33.1 Å². The molecular formula is C23H25BrN2O. The third-order valence-electron chi connectivity index (χ3n) is 5.09. The molecule has 2 aromatic heterocycles. The van der Waals surface area contributed by atoms with E-state index < -0.39 is 0 Å². The maximum atomic E-state index is 5.72. The lowest BCUT2D eigenvalue weighted by Crippen LogP contribution is -3.00. The summed E-state index contributed by atoms with van der Waals surface area (Å²) in [5, 5.41) is 2.60. The third-order valence-corrected chi connectivity index (χ3v) is 5.09. The maximum Gasteiger partial charge on any atom is 0.203 e. The number of hydrogen-bond acceptors (Lipinski definition) is 1. The predicted octanol–water partition coefficient (Wildman–Crippen LogP) is 1.86. The van der Waals surface area contributed by atoms with Crippen molar-refractivity contribution in [1.29, 1.82) is 0 Å². The molecule has 0 fully saturated rings. The monoisotopic (exact) mass is 424 g/mol. The Bertz CT molecular complexity index is 1070. The number of ether oxygens (including phenoxy) is 1. The van der Waals surface area contributed by atoms with E-state index in [1.54, 1.807) is 0 Å². The molecule has 4 heteroatoms. The van der Waals surface area contributed by atoms with E-state index in [9.17, 15) is 0 Å². The highest BCUT2D eigenvalue weighted by molar-refractivity contribution is 6.08. The average molecular weight is 425 g/mol. The van der Waals surface area contributed by atoms with Gasteiger partial charge in [0, 0.05) is 41.9 Å². The van der Waals surface area contributed by atoms with E-state index in [0.717, 1.165) is 18.8 Å². The van der Waals surface area contributed by atoms with Crippen molar-refractivity contribution in [2.24, 2.45) is 0 Å². The average Bonchev–Trinajstić information content (AvgIpc) is 2.99. The highest BCUT2D eigenvalue weighted by Crippen LogP contribution is 2.32. The fourth-order valence-corrected chi connectivity index (χ4v) is 3.86. The van der Waals surface area contributed by atoms with Gasteiger partial charge in [0.15, 0.2) is 12.7 Å². The molecule has 0 atom stereocenters. The molecule has 0 aliphatic rings. The number of fused-ring (bicyclic) bond motifs is 3. The van der Waals surface area contributed by atoms with Crippen LogP contribution in [0, 0.1) is 6.92 Å². The minimum Gasteiger partial charge on any atom is -1.00 e. The van der Waals surface area contributed by atoms with Crippen molar-refractivity contribution in [3.05, 3.63) is 72.1 Å². The van der Waals surface area contributed by atoms with Gasteiger partial charge in [-0.05, 0) is 26.0 Å². The van der Waals surface area contributed by atoms with Gasteiger partial charge >= 0.3 is 0 Å². The molecule has 3 nitrogen and oxygen atoms in total. The smallest absolute Gasteiger partial charge is 0.203 e. The van der Waals surface area contributed by atoms with Crippen LogP contribution in [0.1, 0.15) is 25.1 Å². The summed E-state index contributed by atoms with van der Waals surface area (Å²) in [6.07, 6.45) is 2.21. The fraction of sp³-hybridized carbons (Fsp3) is 0.261. The van der Waals surface area contributed by atoms with E-state index in [1.807, 2.05) is 6.92 Å². The van der Waals surface area contributed by atoms with Crippen molar-refractivity contribution >= 4 is 21.8 Å². The second-order valence-corrected chi connectivity index (χ2v) is 6.63. The molecule has 2 aromatic carbocycles. The SMILES string of the molecule is CCOc1ccc2c3cc[n+](Cc4ccccc4)c(C)c3n(CC)c2c1.[Br-]. The van der Waals surface area contributed by atoms with Crippen LogP contribution in [-0.2, 0) is 13.1 Å². The first-order valence-corrected chi connectivity index (χ1v) is 9.34. The van der Waals surface area contributed by atoms with E-state index in [0.29, 0.717) is 6.61 Å². The summed E-state index contributed by atoms with van der Waals surface area (Å²) in [6, 6.07) is 19.3. The molecule has 0 spiro atoms. The second kappa shape index (κ2) is 8.13. The summed E-state index contributed by atoms with van der Waals surface area (Å²) in [4.78, 5) is 0. The van der Waals surface area contributed by atoms with Crippen LogP contribution in [0.5, 0.6) is 5.75 Å². The van der Waals surface area contributed by atoms with Crippen LogP contribution >= 0.6 is 0 Å². The fourth-order valence-electron chi connectivity index (χ4n) is 3.86. The Morgan fingerprint density at radius 1 is 0.963 bits per heavy atom. The van der Waals surface area contributed by atoms with Crippen LogP contribution in [0.15, 0.2) is 60.8 Å². The summed E-state index contributed by atoms with van der Waals surface area (Å²) >= 11 is 0. The summed E-state index contributed by atoms with van der Waals surface area (Å²) in [5.74, 6) is 0.937. The van der Waals surface area contributed by atoms with Gasteiger partial charge in [-0.15, -0.1) is 0 Å². The zero-order valence-electron chi connectivity index (χ0n) is 16.1. The molecule has 140 valence electrons.